The van der Waals surface area contributed by atoms with E-state index in [0.717, 1.165) is 21.0 Å². The third-order valence-corrected chi connectivity index (χ3v) is 8.00. The number of para-hydroxylation sites is 1. The first-order chi connectivity index (χ1) is 17.5. The van der Waals surface area contributed by atoms with Crippen LogP contribution in [0.3, 0.4) is 0 Å². The minimum atomic E-state index is -4.07. The molecule has 1 atom stereocenters. The molecule has 0 aromatic heterocycles. The molecule has 37 heavy (non-hydrogen) atoms. The van der Waals surface area contributed by atoms with E-state index in [9.17, 15) is 18.0 Å². The normalized spacial score (nSPS) is 12.0. The minimum absolute atomic E-state index is 0.0937. The zero-order valence-electron chi connectivity index (χ0n) is 22.1. The van der Waals surface area contributed by atoms with Gasteiger partial charge in [0.15, 0.2) is 0 Å². The molecule has 1 N–H and O–H groups in total. The molecule has 0 fully saturated rings. The zero-order chi connectivity index (χ0) is 27.2. The van der Waals surface area contributed by atoms with Crippen LogP contribution in [-0.4, -0.2) is 44.3 Å². The van der Waals surface area contributed by atoms with E-state index < -0.39 is 28.5 Å². The number of amides is 2. The van der Waals surface area contributed by atoms with Crippen molar-refractivity contribution in [2.45, 2.75) is 52.1 Å². The predicted molar refractivity (Wildman–Crippen MR) is 147 cm³/mol. The Morgan fingerprint density at radius 3 is 2.19 bits per heavy atom. The molecule has 196 valence electrons. The molecule has 2 amide bonds. The molecule has 7 nitrogen and oxygen atoms in total. The highest BCUT2D eigenvalue weighted by atomic mass is 32.2. The summed E-state index contributed by atoms with van der Waals surface area (Å²) in [6, 6.07) is 20.5. The van der Waals surface area contributed by atoms with Crippen LogP contribution in [0.2, 0.25) is 0 Å². The van der Waals surface area contributed by atoms with Gasteiger partial charge in [0.1, 0.15) is 12.6 Å². The monoisotopic (exact) mass is 521 g/mol. The van der Waals surface area contributed by atoms with Crippen molar-refractivity contribution in [3.63, 3.8) is 0 Å². The van der Waals surface area contributed by atoms with Crippen molar-refractivity contribution < 1.29 is 18.0 Å². The summed E-state index contributed by atoms with van der Waals surface area (Å²) >= 11 is 0. The van der Waals surface area contributed by atoms with Gasteiger partial charge in [-0.1, -0.05) is 65.7 Å². The number of nitrogens with zero attached hydrogens (tertiary/aromatic N) is 2. The van der Waals surface area contributed by atoms with Gasteiger partial charge in [-0.05, 0) is 63.9 Å². The van der Waals surface area contributed by atoms with E-state index in [2.05, 4.69) is 5.32 Å². The topological polar surface area (TPSA) is 86.8 Å². The first-order valence-corrected chi connectivity index (χ1v) is 13.8. The Balaban J connectivity index is 2.04. The van der Waals surface area contributed by atoms with Gasteiger partial charge in [-0.2, -0.15) is 0 Å². The van der Waals surface area contributed by atoms with Crippen molar-refractivity contribution >= 4 is 27.5 Å². The fraction of sp³-hybridized carbons (Fsp3) is 0.310. The van der Waals surface area contributed by atoms with Gasteiger partial charge in [0, 0.05) is 13.1 Å². The summed E-state index contributed by atoms with van der Waals surface area (Å²) < 4.78 is 28.8. The first-order valence-electron chi connectivity index (χ1n) is 12.3. The Morgan fingerprint density at radius 2 is 1.57 bits per heavy atom. The molecule has 8 heteroatoms. The average molecular weight is 522 g/mol. The van der Waals surface area contributed by atoms with Crippen LogP contribution in [0.5, 0.6) is 0 Å². The maximum Gasteiger partial charge on any atom is 0.264 e. The zero-order valence-corrected chi connectivity index (χ0v) is 22.9. The van der Waals surface area contributed by atoms with E-state index >= 15 is 0 Å². The molecule has 3 aromatic carbocycles. The quantitative estimate of drug-likeness (QED) is 0.430. The summed E-state index contributed by atoms with van der Waals surface area (Å²) in [5.74, 6) is -0.772. The lowest BCUT2D eigenvalue weighted by atomic mass is 10.1. The summed E-state index contributed by atoms with van der Waals surface area (Å²) in [5, 5.41) is 2.77. The predicted octanol–water partition coefficient (Wildman–Crippen LogP) is 4.36. The van der Waals surface area contributed by atoms with E-state index in [1.54, 1.807) is 56.3 Å². The Labute approximate surface area is 220 Å². The minimum Gasteiger partial charge on any atom is -0.355 e. The van der Waals surface area contributed by atoms with Crippen LogP contribution in [0.15, 0.2) is 77.7 Å². The lowest BCUT2D eigenvalue weighted by Gasteiger charge is -2.32. The Morgan fingerprint density at radius 1 is 0.892 bits per heavy atom. The average Bonchev–Trinajstić information content (AvgIpc) is 2.86. The van der Waals surface area contributed by atoms with Crippen molar-refractivity contribution in [3.05, 3.63) is 95.1 Å². The second-order valence-corrected chi connectivity index (χ2v) is 11.1. The highest BCUT2D eigenvalue weighted by Gasteiger charge is 2.33. The summed E-state index contributed by atoms with van der Waals surface area (Å²) in [5.41, 5.74) is 3.94. The molecule has 0 saturated heterocycles. The third kappa shape index (κ3) is 6.77. The van der Waals surface area contributed by atoms with Crippen LogP contribution in [0.4, 0.5) is 5.69 Å². The van der Waals surface area contributed by atoms with Gasteiger partial charge in [0.2, 0.25) is 11.8 Å². The molecule has 0 radical (unpaired) electrons. The van der Waals surface area contributed by atoms with Gasteiger partial charge in [-0.3, -0.25) is 13.9 Å². The summed E-state index contributed by atoms with van der Waals surface area (Å²) in [6.07, 6.45) is 0. The van der Waals surface area contributed by atoms with Crippen molar-refractivity contribution in [1.29, 1.82) is 0 Å². The molecule has 0 spiro atoms. The fourth-order valence-corrected chi connectivity index (χ4v) is 5.58. The number of likely N-dealkylation sites (N-methyl/N-ethyl adjacent to an activating group) is 1. The van der Waals surface area contributed by atoms with Crippen LogP contribution in [0.1, 0.15) is 36.1 Å². The van der Waals surface area contributed by atoms with Gasteiger partial charge in [0.25, 0.3) is 10.0 Å². The standard InChI is InChI=1S/C29H35N3O4S/c1-6-30-29(34)24(5)31(19-25-12-9-10-22(3)18-25)28(33)20-32(27-13-8-7-11-23(27)4)37(35,36)26-16-14-21(2)15-17-26/h7-18,24H,6,19-20H2,1-5H3,(H,30,34)/t24-/m0/s1. The van der Waals surface area contributed by atoms with Crippen LogP contribution >= 0.6 is 0 Å². The number of carbonyl (C=O) groups is 2. The number of rotatable bonds is 10. The SMILES string of the molecule is CCNC(=O)[C@H](C)N(Cc1cccc(C)c1)C(=O)CN(c1ccccc1C)S(=O)(=O)c1ccc(C)cc1. The highest BCUT2D eigenvalue weighted by Crippen LogP contribution is 2.27. The number of aryl methyl sites for hydroxylation is 3. The number of sulfonamides is 1. The van der Waals surface area contributed by atoms with Crippen LogP contribution in [0, 0.1) is 20.8 Å². The molecule has 0 heterocycles. The maximum atomic E-state index is 13.8. The third-order valence-electron chi connectivity index (χ3n) is 6.23. The molecule has 3 rings (SSSR count). The maximum absolute atomic E-state index is 13.8. The smallest absolute Gasteiger partial charge is 0.264 e. The lowest BCUT2D eigenvalue weighted by molar-refractivity contribution is -0.139. The largest absolute Gasteiger partial charge is 0.355 e. The van der Waals surface area contributed by atoms with Gasteiger partial charge < -0.3 is 10.2 Å². The van der Waals surface area contributed by atoms with Gasteiger partial charge >= 0.3 is 0 Å². The van der Waals surface area contributed by atoms with Crippen LogP contribution in [0.25, 0.3) is 0 Å². The molecule has 0 aliphatic heterocycles. The molecular formula is C29H35N3O4S. The number of benzene rings is 3. The number of hydrogen-bond donors (Lipinski definition) is 1. The van der Waals surface area contributed by atoms with Crippen molar-refractivity contribution in [2.24, 2.45) is 0 Å². The Hall–Kier alpha value is -3.65. The van der Waals surface area contributed by atoms with E-state index in [1.165, 1.54) is 4.90 Å². The molecular weight excluding hydrogens is 486 g/mol. The first kappa shape index (κ1) is 27.9. The highest BCUT2D eigenvalue weighted by molar-refractivity contribution is 7.92. The van der Waals surface area contributed by atoms with Gasteiger partial charge in [0.05, 0.1) is 10.6 Å². The second-order valence-electron chi connectivity index (χ2n) is 9.19. The van der Waals surface area contributed by atoms with Crippen LogP contribution < -0.4 is 9.62 Å². The number of nitrogens with one attached hydrogen (secondary N) is 1. The second kappa shape index (κ2) is 12.1. The summed E-state index contributed by atoms with van der Waals surface area (Å²) in [6.45, 7) is 9.26. The van der Waals surface area contributed by atoms with E-state index in [4.69, 9.17) is 0 Å². The number of anilines is 1. The van der Waals surface area contributed by atoms with E-state index in [0.29, 0.717) is 17.8 Å². The van der Waals surface area contributed by atoms with E-state index in [1.807, 2.05) is 51.1 Å². The van der Waals surface area contributed by atoms with Crippen molar-refractivity contribution in [1.82, 2.24) is 10.2 Å². The Bertz CT molecular complexity index is 1350. The van der Waals surface area contributed by atoms with Crippen LogP contribution in [-0.2, 0) is 26.2 Å². The van der Waals surface area contributed by atoms with Crippen molar-refractivity contribution in [2.75, 3.05) is 17.4 Å². The molecule has 0 aliphatic carbocycles. The molecule has 0 bridgehead atoms. The number of hydrogen-bond acceptors (Lipinski definition) is 4. The van der Waals surface area contributed by atoms with E-state index in [-0.39, 0.29) is 17.3 Å². The van der Waals surface area contributed by atoms with Gasteiger partial charge in [-0.15, -0.1) is 0 Å². The number of carbonyl (C=O) groups excluding carboxylic acids is 2. The van der Waals surface area contributed by atoms with Gasteiger partial charge in [-0.25, -0.2) is 8.42 Å². The molecule has 3 aromatic rings. The molecule has 0 saturated carbocycles. The summed E-state index contributed by atoms with van der Waals surface area (Å²) in [4.78, 5) is 28.2. The lowest BCUT2D eigenvalue weighted by Crippen LogP contribution is -2.51. The summed E-state index contributed by atoms with van der Waals surface area (Å²) in [7, 11) is -4.07. The fourth-order valence-electron chi connectivity index (χ4n) is 4.11. The Kier molecular flexibility index (Phi) is 9.10. The molecule has 0 aliphatic rings. The van der Waals surface area contributed by atoms with Crippen molar-refractivity contribution in [3.8, 4) is 0 Å². The molecule has 0 unspecified atom stereocenters.